The van der Waals surface area contributed by atoms with Gasteiger partial charge in [-0.05, 0) is 24.1 Å². The summed E-state index contributed by atoms with van der Waals surface area (Å²) in [5.41, 5.74) is 2.80. The summed E-state index contributed by atoms with van der Waals surface area (Å²) >= 11 is 0. The van der Waals surface area contributed by atoms with E-state index in [0.29, 0.717) is 5.69 Å². The molecule has 0 aliphatic carbocycles. The van der Waals surface area contributed by atoms with E-state index in [1.165, 1.54) is 5.56 Å². The zero-order chi connectivity index (χ0) is 17.5. The third kappa shape index (κ3) is 4.79. The highest BCUT2D eigenvalue weighted by Crippen LogP contribution is 2.13. The van der Waals surface area contributed by atoms with Crippen LogP contribution in [0.4, 0.5) is 5.69 Å². The molecule has 132 valence electrons. The molecule has 0 unspecified atom stereocenters. The highest BCUT2D eigenvalue weighted by atomic mass is 16.2. The Bertz CT molecular complexity index is 681. The van der Waals surface area contributed by atoms with Gasteiger partial charge in [0.2, 0.25) is 0 Å². The molecule has 1 fully saturated rings. The number of piperazine rings is 1. The Labute approximate surface area is 149 Å². The first-order valence-electron chi connectivity index (χ1n) is 9.01. The lowest BCUT2D eigenvalue weighted by Gasteiger charge is -2.34. The highest BCUT2D eigenvalue weighted by Gasteiger charge is 2.23. The smallest absolute Gasteiger partial charge is 0.272 e. The Kier molecular flexibility index (Phi) is 6.01. The first-order valence-corrected chi connectivity index (χ1v) is 9.01. The Balaban J connectivity index is 1.54. The number of anilines is 1. The maximum atomic E-state index is 12.7. The normalized spacial score (nSPS) is 15.2. The average molecular weight is 338 g/mol. The van der Waals surface area contributed by atoms with Gasteiger partial charge in [0.1, 0.15) is 5.69 Å². The molecule has 25 heavy (non-hydrogen) atoms. The molecule has 0 bridgehead atoms. The molecule has 3 rings (SSSR count). The van der Waals surface area contributed by atoms with E-state index < -0.39 is 0 Å². The van der Waals surface area contributed by atoms with E-state index in [9.17, 15) is 4.79 Å². The maximum Gasteiger partial charge on any atom is 0.272 e. The topological polar surface area (TPSA) is 48.5 Å². The van der Waals surface area contributed by atoms with Crippen LogP contribution in [0.5, 0.6) is 0 Å². The minimum absolute atomic E-state index is 0.0273. The molecular weight excluding hydrogens is 312 g/mol. The summed E-state index contributed by atoms with van der Waals surface area (Å²) < 4.78 is 0. The molecule has 1 saturated heterocycles. The van der Waals surface area contributed by atoms with Gasteiger partial charge in [-0.2, -0.15) is 0 Å². The van der Waals surface area contributed by atoms with Crippen molar-refractivity contribution >= 4 is 11.6 Å². The number of aromatic nitrogens is 1. The summed E-state index contributed by atoms with van der Waals surface area (Å²) in [6, 6.07) is 14.2. The van der Waals surface area contributed by atoms with Crippen LogP contribution in [-0.4, -0.2) is 53.4 Å². The zero-order valence-electron chi connectivity index (χ0n) is 14.8. The van der Waals surface area contributed by atoms with Gasteiger partial charge in [-0.15, -0.1) is 0 Å². The zero-order valence-corrected chi connectivity index (χ0v) is 14.8. The molecule has 1 aromatic heterocycles. The van der Waals surface area contributed by atoms with Gasteiger partial charge in [-0.25, -0.2) is 0 Å². The fourth-order valence-electron chi connectivity index (χ4n) is 3.04. The molecule has 0 saturated carbocycles. The monoisotopic (exact) mass is 338 g/mol. The quantitative estimate of drug-likeness (QED) is 0.880. The van der Waals surface area contributed by atoms with Crippen LogP contribution in [0.15, 0.2) is 48.7 Å². The van der Waals surface area contributed by atoms with Crippen LogP contribution in [-0.2, 0) is 6.54 Å². The summed E-state index contributed by atoms with van der Waals surface area (Å²) in [6.45, 7) is 7.26. The second-order valence-electron chi connectivity index (χ2n) is 6.41. The molecule has 5 heteroatoms. The molecule has 1 amide bonds. The summed E-state index contributed by atoms with van der Waals surface area (Å²) in [7, 11) is 0. The molecule has 2 aromatic rings. The lowest BCUT2D eigenvalue weighted by atomic mass is 10.2. The third-order valence-electron chi connectivity index (χ3n) is 4.47. The van der Waals surface area contributed by atoms with Crippen LogP contribution in [0.3, 0.4) is 0 Å². The minimum Gasteiger partial charge on any atom is -0.385 e. The molecule has 1 aliphatic rings. The Morgan fingerprint density at radius 3 is 2.60 bits per heavy atom. The van der Waals surface area contributed by atoms with E-state index >= 15 is 0 Å². The van der Waals surface area contributed by atoms with Crippen LogP contribution >= 0.6 is 0 Å². The van der Waals surface area contributed by atoms with E-state index in [0.717, 1.165) is 51.4 Å². The number of pyridine rings is 1. The van der Waals surface area contributed by atoms with E-state index in [-0.39, 0.29) is 5.91 Å². The number of nitrogens with zero attached hydrogens (tertiary/aromatic N) is 3. The number of hydrogen-bond acceptors (Lipinski definition) is 4. The Hall–Kier alpha value is -2.40. The van der Waals surface area contributed by atoms with Gasteiger partial charge >= 0.3 is 0 Å². The van der Waals surface area contributed by atoms with Crippen LogP contribution in [0, 0.1) is 0 Å². The van der Waals surface area contributed by atoms with Crippen LogP contribution in [0.1, 0.15) is 29.4 Å². The van der Waals surface area contributed by atoms with Crippen LogP contribution in [0.2, 0.25) is 0 Å². The second-order valence-corrected chi connectivity index (χ2v) is 6.41. The number of carbonyl (C=O) groups is 1. The first-order chi connectivity index (χ1) is 12.3. The van der Waals surface area contributed by atoms with Gasteiger partial charge in [0.25, 0.3) is 5.91 Å². The van der Waals surface area contributed by atoms with Crippen LogP contribution < -0.4 is 5.32 Å². The van der Waals surface area contributed by atoms with Crippen molar-refractivity contribution in [3.63, 3.8) is 0 Å². The largest absolute Gasteiger partial charge is 0.385 e. The Morgan fingerprint density at radius 1 is 1.12 bits per heavy atom. The number of nitrogens with one attached hydrogen (secondary N) is 1. The van der Waals surface area contributed by atoms with Crippen LogP contribution in [0.25, 0.3) is 0 Å². The molecule has 0 atom stereocenters. The van der Waals surface area contributed by atoms with E-state index in [1.54, 1.807) is 6.20 Å². The van der Waals surface area contributed by atoms with Crippen molar-refractivity contribution in [3.8, 4) is 0 Å². The van der Waals surface area contributed by atoms with Crippen molar-refractivity contribution in [1.82, 2.24) is 14.8 Å². The average Bonchev–Trinajstić information content (AvgIpc) is 2.67. The summed E-state index contributed by atoms with van der Waals surface area (Å²) in [4.78, 5) is 21.3. The predicted molar refractivity (Wildman–Crippen MR) is 101 cm³/mol. The summed E-state index contributed by atoms with van der Waals surface area (Å²) in [5, 5.41) is 3.31. The molecule has 5 nitrogen and oxygen atoms in total. The minimum atomic E-state index is 0.0273. The van der Waals surface area contributed by atoms with Crippen molar-refractivity contribution in [2.75, 3.05) is 38.0 Å². The lowest BCUT2D eigenvalue weighted by Crippen LogP contribution is -2.48. The lowest BCUT2D eigenvalue weighted by molar-refractivity contribution is 0.0623. The van der Waals surface area contributed by atoms with Gasteiger partial charge in [-0.1, -0.05) is 37.3 Å². The molecule has 0 radical (unpaired) electrons. The van der Waals surface area contributed by atoms with Gasteiger partial charge in [-0.3, -0.25) is 14.7 Å². The van der Waals surface area contributed by atoms with Crippen molar-refractivity contribution < 1.29 is 4.79 Å². The Morgan fingerprint density at radius 2 is 1.88 bits per heavy atom. The number of carbonyl (C=O) groups excluding carboxylic acids is 1. The van der Waals surface area contributed by atoms with Gasteiger partial charge in [0, 0.05) is 51.2 Å². The van der Waals surface area contributed by atoms with Gasteiger partial charge in [0.05, 0.1) is 0 Å². The summed E-state index contributed by atoms with van der Waals surface area (Å²) in [6.07, 6.45) is 2.76. The molecular formula is C20H26N4O. The van der Waals surface area contributed by atoms with Gasteiger partial charge < -0.3 is 10.2 Å². The van der Waals surface area contributed by atoms with Gasteiger partial charge in [0.15, 0.2) is 0 Å². The number of rotatable bonds is 6. The molecule has 2 heterocycles. The molecule has 1 aromatic carbocycles. The number of amides is 1. The first kappa shape index (κ1) is 17.4. The van der Waals surface area contributed by atoms with Crippen molar-refractivity contribution in [3.05, 3.63) is 59.9 Å². The molecule has 0 spiro atoms. The van der Waals surface area contributed by atoms with Crippen molar-refractivity contribution in [2.24, 2.45) is 0 Å². The highest BCUT2D eigenvalue weighted by molar-refractivity contribution is 5.93. The fourth-order valence-corrected chi connectivity index (χ4v) is 3.04. The standard InChI is InChI=1S/C20H26N4O/c1-2-9-21-18-8-10-22-19(15-18)20(25)24-13-11-23(12-14-24)16-17-6-4-3-5-7-17/h3-8,10,15H,2,9,11-14,16H2,1H3,(H,21,22). The number of benzene rings is 1. The SMILES string of the molecule is CCCNc1ccnc(C(=O)N2CCN(Cc3ccccc3)CC2)c1. The number of hydrogen-bond donors (Lipinski definition) is 1. The third-order valence-corrected chi connectivity index (χ3v) is 4.47. The molecule has 1 N–H and O–H groups in total. The van der Waals surface area contributed by atoms with E-state index in [1.807, 2.05) is 23.1 Å². The maximum absolute atomic E-state index is 12.7. The van der Waals surface area contributed by atoms with Crippen molar-refractivity contribution in [2.45, 2.75) is 19.9 Å². The van der Waals surface area contributed by atoms with E-state index in [4.69, 9.17) is 0 Å². The molecule has 1 aliphatic heterocycles. The van der Waals surface area contributed by atoms with E-state index in [2.05, 4.69) is 46.4 Å². The fraction of sp³-hybridized carbons (Fsp3) is 0.400. The van der Waals surface area contributed by atoms with Crippen molar-refractivity contribution in [1.29, 1.82) is 0 Å². The second kappa shape index (κ2) is 8.62. The summed E-state index contributed by atoms with van der Waals surface area (Å²) in [5.74, 6) is 0.0273. The predicted octanol–water partition coefficient (Wildman–Crippen LogP) is 2.86.